The molecular weight excluding hydrogens is 496 g/mol. The molecule has 8 nitrogen and oxygen atoms in total. The van der Waals surface area contributed by atoms with E-state index in [0.29, 0.717) is 10.8 Å². The van der Waals surface area contributed by atoms with Gasteiger partial charge in [0, 0.05) is 38.7 Å². The first kappa shape index (κ1) is 25.1. The van der Waals surface area contributed by atoms with Crippen molar-refractivity contribution in [3.05, 3.63) is 98.9 Å². The van der Waals surface area contributed by atoms with E-state index in [1.54, 1.807) is 24.3 Å². The number of amides is 2. The van der Waals surface area contributed by atoms with Crippen LogP contribution in [0.15, 0.2) is 77.7 Å². The van der Waals surface area contributed by atoms with Crippen LogP contribution in [-0.4, -0.2) is 27.5 Å². The lowest BCUT2D eigenvalue weighted by atomic mass is 10.1. The zero-order valence-electron chi connectivity index (χ0n) is 19.5. The number of hydrogen-bond donors (Lipinski definition) is 2. The van der Waals surface area contributed by atoms with Crippen LogP contribution in [0.3, 0.4) is 0 Å². The highest BCUT2D eigenvalue weighted by Gasteiger charge is 2.14. The Kier molecular flexibility index (Phi) is 7.77. The number of hydrogen-bond acceptors (Lipinski definition) is 7. The molecule has 4 aromatic rings. The zero-order valence-corrected chi connectivity index (χ0v) is 21.1. The van der Waals surface area contributed by atoms with E-state index >= 15 is 0 Å². The van der Waals surface area contributed by atoms with E-state index < -0.39 is 10.8 Å². The minimum Gasteiger partial charge on any atom is -0.322 e. The molecule has 0 aliphatic heterocycles. The number of thiazole rings is 1. The summed E-state index contributed by atoms with van der Waals surface area (Å²) in [6, 6.07) is 20.7. The third-order valence-electron chi connectivity index (χ3n) is 5.17. The third-order valence-corrected chi connectivity index (χ3v) is 7.07. The third kappa shape index (κ3) is 6.35. The first-order valence-corrected chi connectivity index (χ1v) is 12.7. The number of carbonyl (C=O) groups is 2. The molecule has 1 heterocycles. The van der Waals surface area contributed by atoms with Gasteiger partial charge in [-0.3, -0.25) is 19.7 Å². The molecular formula is C26H22N4O4S2. The molecule has 4 rings (SSSR count). The highest BCUT2D eigenvalue weighted by atomic mass is 32.2. The van der Waals surface area contributed by atoms with Crippen molar-refractivity contribution in [1.29, 1.82) is 0 Å². The molecule has 0 fully saturated rings. The predicted octanol–water partition coefficient (Wildman–Crippen LogP) is 6.32. The van der Waals surface area contributed by atoms with Crippen molar-refractivity contribution in [2.24, 2.45) is 0 Å². The number of nitro groups is 1. The Morgan fingerprint density at radius 3 is 2.42 bits per heavy atom. The average Bonchev–Trinajstić information content (AvgIpc) is 3.23. The topological polar surface area (TPSA) is 114 Å². The van der Waals surface area contributed by atoms with Crippen LogP contribution in [0.25, 0.3) is 11.3 Å². The second-order valence-corrected chi connectivity index (χ2v) is 10.2. The molecule has 0 aliphatic rings. The van der Waals surface area contributed by atoms with Crippen LogP contribution in [0.4, 0.5) is 16.5 Å². The van der Waals surface area contributed by atoms with Gasteiger partial charge in [0.05, 0.1) is 16.4 Å². The molecule has 0 aliphatic carbocycles. The fourth-order valence-electron chi connectivity index (χ4n) is 3.33. The van der Waals surface area contributed by atoms with Gasteiger partial charge in [-0.1, -0.05) is 35.9 Å². The number of non-ortho nitro benzene ring substituents is 1. The molecule has 2 amide bonds. The Hall–Kier alpha value is -4.02. The highest BCUT2D eigenvalue weighted by molar-refractivity contribution is 8.00. The maximum Gasteiger partial charge on any atom is 0.270 e. The van der Waals surface area contributed by atoms with Crippen molar-refractivity contribution in [3.8, 4) is 11.3 Å². The summed E-state index contributed by atoms with van der Waals surface area (Å²) < 4.78 is 0. The van der Waals surface area contributed by atoms with Crippen LogP contribution in [-0.2, 0) is 4.79 Å². The maximum absolute atomic E-state index is 12.5. The van der Waals surface area contributed by atoms with Gasteiger partial charge in [-0.05, 0) is 44.2 Å². The molecule has 3 aromatic carbocycles. The Morgan fingerprint density at radius 2 is 1.72 bits per heavy atom. The number of aromatic nitrogens is 1. The molecule has 0 bridgehead atoms. The van der Waals surface area contributed by atoms with Gasteiger partial charge in [0.1, 0.15) is 0 Å². The lowest BCUT2D eigenvalue weighted by molar-refractivity contribution is -0.384. The zero-order chi connectivity index (χ0) is 25.7. The fourth-order valence-corrected chi connectivity index (χ4v) is 4.88. The van der Waals surface area contributed by atoms with Gasteiger partial charge in [-0.25, -0.2) is 4.98 Å². The van der Waals surface area contributed by atoms with E-state index in [4.69, 9.17) is 0 Å². The van der Waals surface area contributed by atoms with Crippen LogP contribution >= 0.6 is 23.1 Å². The van der Waals surface area contributed by atoms with Gasteiger partial charge in [0.2, 0.25) is 5.91 Å². The lowest BCUT2D eigenvalue weighted by Crippen LogP contribution is -2.13. The Balaban J connectivity index is 1.30. The van der Waals surface area contributed by atoms with Crippen LogP contribution < -0.4 is 10.6 Å². The number of nitrogens with one attached hydrogen (secondary N) is 2. The Labute approximate surface area is 215 Å². The number of carbonyl (C=O) groups excluding carboxylic acids is 2. The Bertz CT molecular complexity index is 1420. The van der Waals surface area contributed by atoms with Crippen LogP contribution in [0, 0.1) is 24.0 Å². The van der Waals surface area contributed by atoms with Gasteiger partial charge in [-0.2, -0.15) is 0 Å². The molecule has 0 saturated carbocycles. The van der Waals surface area contributed by atoms with Crippen molar-refractivity contribution in [2.45, 2.75) is 18.7 Å². The molecule has 2 N–H and O–H groups in total. The van der Waals surface area contributed by atoms with Crippen LogP contribution in [0.5, 0.6) is 0 Å². The lowest BCUT2D eigenvalue weighted by Gasteiger charge is -2.07. The van der Waals surface area contributed by atoms with Crippen molar-refractivity contribution >= 4 is 51.4 Å². The van der Waals surface area contributed by atoms with E-state index in [1.807, 2.05) is 38.1 Å². The molecule has 0 unspecified atom stereocenters. The normalized spacial score (nSPS) is 10.6. The summed E-state index contributed by atoms with van der Waals surface area (Å²) in [5.74, 6) is -0.396. The van der Waals surface area contributed by atoms with Gasteiger partial charge in [-0.15, -0.1) is 23.1 Å². The summed E-state index contributed by atoms with van der Waals surface area (Å²) in [5, 5.41) is 17.1. The van der Waals surface area contributed by atoms with E-state index in [0.717, 1.165) is 21.0 Å². The molecule has 10 heteroatoms. The largest absolute Gasteiger partial charge is 0.322 e. The smallest absolute Gasteiger partial charge is 0.270 e. The molecule has 0 atom stereocenters. The van der Waals surface area contributed by atoms with Crippen molar-refractivity contribution in [2.75, 3.05) is 16.4 Å². The summed E-state index contributed by atoms with van der Waals surface area (Å²) in [7, 11) is 0. The minimum absolute atomic E-state index is 0.146. The number of thioether (sulfide) groups is 1. The second-order valence-electron chi connectivity index (χ2n) is 7.91. The molecule has 0 radical (unpaired) electrons. The molecule has 0 saturated heterocycles. The molecule has 182 valence electrons. The highest BCUT2D eigenvalue weighted by Crippen LogP contribution is 2.31. The van der Waals surface area contributed by atoms with Gasteiger partial charge in [0.25, 0.3) is 11.6 Å². The number of rotatable bonds is 8. The monoisotopic (exact) mass is 518 g/mol. The minimum atomic E-state index is -0.544. The number of benzene rings is 3. The van der Waals surface area contributed by atoms with Crippen LogP contribution in [0.1, 0.15) is 20.8 Å². The predicted molar refractivity (Wildman–Crippen MR) is 144 cm³/mol. The summed E-state index contributed by atoms with van der Waals surface area (Å²) >= 11 is 2.80. The van der Waals surface area contributed by atoms with Crippen LogP contribution in [0.2, 0.25) is 0 Å². The van der Waals surface area contributed by atoms with Crippen molar-refractivity contribution in [3.63, 3.8) is 0 Å². The van der Waals surface area contributed by atoms with E-state index in [1.165, 1.54) is 52.9 Å². The molecule has 1 aromatic heterocycles. The van der Waals surface area contributed by atoms with Gasteiger partial charge >= 0.3 is 0 Å². The summed E-state index contributed by atoms with van der Waals surface area (Å²) in [5.41, 5.74) is 3.65. The van der Waals surface area contributed by atoms with Crippen molar-refractivity contribution in [1.82, 2.24) is 4.98 Å². The number of nitro benzene ring substituents is 1. The SMILES string of the molecule is Cc1ccc(-c2nc(NC(=O)CSc3ccc(NC(=O)c4cccc([N+](=O)[O-])c4)cc3)sc2C)cc1. The first-order chi connectivity index (χ1) is 17.3. The quantitative estimate of drug-likeness (QED) is 0.160. The maximum atomic E-state index is 12.5. The molecule has 0 spiro atoms. The van der Waals surface area contributed by atoms with Crippen molar-refractivity contribution < 1.29 is 14.5 Å². The first-order valence-electron chi connectivity index (χ1n) is 10.9. The standard InChI is InChI=1S/C26H22N4O4S2/c1-16-6-8-18(9-7-16)24-17(2)36-26(29-24)28-23(31)15-35-22-12-10-20(11-13-22)27-25(32)19-4-3-5-21(14-19)30(33)34/h3-14H,15H2,1-2H3,(H,27,32)(H,28,29,31). The Morgan fingerprint density at radius 1 is 1.00 bits per heavy atom. The number of aryl methyl sites for hydroxylation is 2. The number of nitrogens with zero attached hydrogens (tertiary/aromatic N) is 2. The number of anilines is 2. The summed E-state index contributed by atoms with van der Waals surface area (Å²) in [6.45, 7) is 4.02. The average molecular weight is 519 g/mol. The fraction of sp³-hybridized carbons (Fsp3) is 0.115. The molecule has 36 heavy (non-hydrogen) atoms. The summed E-state index contributed by atoms with van der Waals surface area (Å²) in [6.07, 6.45) is 0. The van der Waals surface area contributed by atoms with Gasteiger partial charge in [0.15, 0.2) is 5.13 Å². The van der Waals surface area contributed by atoms with E-state index in [-0.39, 0.29) is 22.9 Å². The second kappa shape index (κ2) is 11.1. The van der Waals surface area contributed by atoms with Gasteiger partial charge < -0.3 is 10.6 Å². The van der Waals surface area contributed by atoms with E-state index in [9.17, 15) is 19.7 Å². The van der Waals surface area contributed by atoms with E-state index in [2.05, 4.69) is 15.6 Å². The summed E-state index contributed by atoms with van der Waals surface area (Å²) in [4.78, 5) is 41.7.